The van der Waals surface area contributed by atoms with Crippen molar-refractivity contribution in [2.75, 3.05) is 27.1 Å². The maximum absolute atomic E-state index is 12.8. The minimum Gasteiger partial charge on any atom is -0.470 e. The number of fused-ring (bicyclic) bond motifs is 1. The summed E-state index contributed by atoms with van der Waals surface area (Å²) in [6, 6.07) is 5.71. The highest BCUT2D eigenvalue weighted by molar-refractivity contribution is 9.10. The molecule has 0 fully saturated rings. The molecule has 2 aromatic rings. The molecular formula is C19H24BrN3O4S. The lowest BCUT2D eigenvalue weighted by Crippen LogP contribution is -2.54. The van der Waals surface area contributed by atoms with Crippen LogP contribution in [0.4, 0.5) is 0 Å². The Morgan fingerprint density at radius 2 is 2.18 bits per heavy atom. The largest absolute Gasteiger partial charge is 0.470 e. The maximum atomic E-state index is 12.8. The number of carbonyl (C=O) groups is 1. The number of nitrogens with one attached hydrogen (secondary N) is 1. The maximum Gasteiger partial charge on any atom is 0.272 e. The molecule has 28 heavy (non-hydrogen) atoms. The van der Waals surface area contributed by atoms with Gasteiger partial charge in [-0.2, -0.15) is 0 Å². The van der Waals surface area contributed by atoms with Crippen LogP contribution in [0.1, 0.15) is 12.5 Å². The number of carbonyl (C=O) groups excluding carboxylic acids is 1. The smallest absolute Gasteiger partial charge is 0.272 e. The number of methoxy groups -OCH3 is 1. The van der Waals surface area contributed by atoms with Crippen LogP contribution >= 0.6 is 27.7 Å². The first kappa shape index (κ1) is 22.4. The molecule has 9 heteroatoms. The molecule has 0 bridgehead atoms. The van der Waals surface area contributed by atoms with E-state index in [4.69, 9.17) is 14.3 Å². The summed E-state index contributed by atoms with van der Waals surface area (Å²) in [4.78, 5) is 22.0. The summed E-state index contributed by atoms with van der Waals surface area (Å²) in [7, 11) is 2.99. The van der Waals surface area contributed by atoms with E-state index in [0.717, 1.165) is 20.9 Å². The van der Waals surface area contributed by atoms with Gasteiger partial charge in [0.25, 0.3) is 5.91 Å². The molecule has 0 saturated carbocycles. The third-order valence-corrected chi connectivity index (χ3v) is 5.05. The Morgan fingerprint density at radius 1 is 1.43 bits per heavy atom. The second-order valence-corrected chi connectivity index (χ2v) is 8.22. The second kappa shape index (κ2) is 10.1. The number of thioether (sulfide) groups is 1. The number of rotatable bonds is 9. The van der Waals surface area contributed by atoms with Crippen molar-refractivity contribution in [2.24, 2.45) is 5.16 Å². The third-order valence-electron chi connectivity index (χ3n) is 3.88. The Kier molecular flexibility index (Phi) is 8.09. The van der Waals surface area contributed by atoms with Crippen molar-refractivity contribution in [1.29, 1.82) is 0 Å². The van der Waals surface area contributed by atoms with E-state index < -0.39 is 11.0 Å². The lowest BCUT2D eigenvalue weighted by Gasteiger charge is -2.27. The summed E-state index contributed by atoms with van der Waals surface area (Å²) >= 11 is 4.73. The van der Waals surface area contributed by atoms with E-state index in [-0.39, 0.29) is 12.5 Å². The summed E-state index contributed by atoms with van der Waals surface area (Å²) in [6.45, 7) is 3.99. The zero-order valence-electron chi connectivity index (χ0n) is 16.5. The number of ether oxygens (including phenoxy) is 2. The van der Waals surface area contributed by atoms with Crippen LogP contribution in [0.5, 0.6) is 5.75 Å². The number of hydrogen-bond acceptors (Lipinski definition) is 7. The summed E-state index contributed by atoms with van der Waals surface area (Å²) in [5, 5.41) is 7.59. The van der Waals surface area contributed by atoms with Crippen LogP contribution in [0.15, 0.2) is 34.0 Å². The Balaban J connectivity index is 2.22. The predicted octanol–water partition coefficient (Wildman–Crippen LogP) is 3.53. The van der Waals surface area contributed by atoms with Crippen molar-refractivity contribution in [3.05, 3.63) is 34.4 Å². The van der Waals surface area contributed by atoms with Crippen molar-refractivity contribution in [1.82, 2.24) is 10.3 Å². The molecule has 7 nitrogen and oxygen atoms in total. The minimum atomic E-state index is -0.826. The first-order valence-corrected chi connectivity index (χ1v) is 10.5. The quantitative estimate of drug-likeness (QED) is 0.343. The number of amides is 1. The van der Waals surface area contributed by atoms with Crippen LogP contribution in [0.3, 0.4) is 0 Å². The van der Waals surface area contributed by atoms with E-state index in [1.54, 1.807) is 20.2 Å². The molecule has 1 N–H and O–H groups in total. The van der Waals surface area contributed by atoms with E-state index in [2.05, 4.69) is 31.4 Å². The van der Waals surface area contributed by atoms with E-state index in [1.807, 2.05) is 31.4 Å². The highest BCUT2D eigenvalue weighted by atomic mass is 79.9. The van der Waals surface area contributed by atoms with Gasteiger partial charge in [0.05, 0.1) is 23.9 Å². The average molecular weight is 470 g/mol. The Bertz CT molecular complexity index is 864. The Labute approximate surface area is 177 Å². The number of benzene rings is 1. The Morgan fingerprint density at radius 3 is 2.82 bits per heavy atom. The molecule has 0 aliphatic carbocycles. The normalized spacial score (nSPS) is 14.6. The molecule has 2 atom stereocenters. The van der Waals surface area contributed by atoms with Gasteiger partial charge in [0.1, 0.15) is 12.9 Å². The minimum absolute atomic E-state index is 0.238. The molecule has 2 unspecified atom stereocenters. The van der Waals surface area contributed by atoms with E-state index in [9.17, 15) is 4.79 Å². The average Bonchev–Trinajstić information content (AvgIpc) is 2.64. The van der Waals surface area contributed by atoms with Gasteiger partial charge < -0.3 is 19.6 Å². The van der Waals surface area contributed by atoms with Gasteiger partial charge in [-0.25, -0.2) is 0 Å². The zero-order chi connectivity index (χ0) is 20.7. The zero-order valence-corrected chi connectivity index (χ0v) is 18.9. The molecule has 0 spiro atoms. The second-order valence-electron chi connectivity index (χ2n) is 6.41. The summed E-state index contributed by atoms with van der Waals surface area (Å²) in [5.41, 5.74) is 0.290. The van der Waals surface area contributed by atoms with E-state index in [0.29, 0.717) is 5.75 Å². The molecule has 0 aliphatic heterocycles. The van der Waals surface area contributed by atoms with Gasteiger partial charge in [-0.3, -0.25) is 9.78 Å². The number of aromatic nitrogens is 1. The molecule has 1 aromatic carbocycles. The van der Waals surface area contributed by atoms with Crippen LogP contribution < -0.4 is 10.1 Å². The molecule has 0 radical (unpaired) electrons. The fourth-order valence-electron chi connectivity index (χ4n) is 2.69. The van der Waals surface area contributed by atoms with Gasteiger partial charge in [0.15, 0.2) is 0 Å². The Hall–Kier alpha value is -1.84. The number of hydrogen-bond donors (Lipinski definition) is 1. The summed E-state index contributed by atoms with van der Waals surface area (Å²) in [6.07, 6.45) is 5.06. The SMILES string of the molecule is COCC(C)(/C=N/OC)NC(=O)C(Oc1cc(C)c2ncc(Br)cc2c1)SC. The lowest BCUT2D eigenvalue weighted by molar-refractivity contribution is -0.126. The van der Waals surface area contributed by atoms with Crippen molar-refractivity contribution in [3.63, 3.8) is 0 Å². The number of pyridine rings is 1. The monoisotopic (exact) mass is 469 g/mol. The van der Waals surface area contributed by atoms with Crippen molar-refractivity contribution in [3.8, 4) is 5.75 Å². The highest BCUT2D eigenvalue weighted by Crippen LogP contribution is 2.27. The first-order chi connectivity index (χ1) is 13.3. The van der Waals surface area contributed by atoms with E-state index >= 15 is 0 Å². The third kappa shape index (κ3) is 5.83. The van der Waals surface area contributed by atoms with Crippen LogP contribution in [0.25, 0.3) is 10.9 Å². The van der Waals surface area contributed by atoms with Crippen LogP contribution in [-0.2, 0) is 14.4 Å². The van der Waals surface area contributed by atoms with Gasteiger partial charge in [-0.1, -0.05) is 5.16 Å². The molecule has 0 aliphatic rings. The number of oxime groups is 1. The summed E-state index contributed by atoms with van der Waals surface area (Å²) < 4.78 is 12.0. The highest BCUT2D eigenvalue weighted by Gasteiger charge is 2.30. The number of halogens is 1. The van der Waals surface area contributed by atoms with Crippen molar-refractivity contribution >= 4 is 50.7 Å². The predicted molar refractivity (Wildman–Crippen MR) is 116 cm³/mol. The van der Waals surface area contributed by atoms with Gasteiger partial charge in [-0.05, 0) is 59.8 Å². The standard InChI is InChI=1S/C19H24BrN3O4S/c1-12-6-15(8-13-7-14(20)9-21-16(12)13)27-18(28-5)17(24)23-19(2,11-25-3)10-22-26-4/h6-10,18H,11H2,1-5H3,(H,23,24)/b22-10+. The molecule has 2 rings (SSSR count). The van der Waals surface area contributed by atoms with Gasteiger partial charge in [-0.15, -0.1) is 11.8 Å². The van der Waals surface area contributed by atoms with Crippen molar-refractivity contribution in [2.45, 2.75) is 24.8 Å². The number of nitrogens with zero attached hydrogens (tertiary/aromatic N) is 2. The fourth-order valence-corrected chi connectivity index (χ4v) is 3.52. The number of aryl methyl sites for hydroxylation is 1. The van der Waals surface area contributed by atoms with Crippen LogP contribution in [-0.4, -0.2) is 55.2 Å². The molecule has 152 valence electrons. The molecular weight excluding hydrogens is 446 g/mol. The van der Waals surface area contributed by atoms with Gasteiger partial charge in [0.2, 0.25) is 5.44 Å². The lowest BCUT2D eigenvalue weighted by atomic mass is 10.1. The molecule has 0 saturated heterocycles. The molecule has 1 heterocycles. The van der Waals surface area contributed by atoms with Gasteiger partial charge in [0, 0.05) is 23.2 Å². The van der Waals surface area contributed by atoms with Crippen LogP contribution in [0.2, 0.25) is 0 Å². The van der Waals surface area contributed by atoms with Crippen LogP contribution in [0, 0.1) is 6.92 Å². The molecule has 1 aromatic heterocycles. The summed E-state index contributed by atoms with van der Waals surface area (Å²) in [5.74, 6) is 0.304. The van der Waals surface area contributed by atoms with Crippen molar-refractivity contribution < 1.29 is 19.1 Å². The van der Waals surface area contributed by atoms with Gasteiger partial charge >= 0.3 is 0 Å². The fraction of sp³-hybridized carbons (Fsp3) is 0.421. The molecule has 1 amide bonds. The first-order valence-electron chi connectivity index (χ1n) is 8.46. The van der Waals surface area contributed by atoms with E-state index in [1.165, 1.54) is 25.1 Å². The topological polar surface area (TPSA) is 82.0 Å².